The second kappa shape index (κ2) is 7.11. The molecule has 0 spiro atoms. The van der Waals surface area contributed by atoms with Crippen LogP contribution >= 0.6 is 0 Å². The number of nitrogens with one attached hydrogen (secondary N) is 1. The molecule has 7 heteroatoms. The first-order chi connectivity index (χ1) is 13.1. The maximum atomic E-state index is 13.4. The van der Waals surface area contributed by atoms with Gasteiger partial charge >= 0.3 is 0 Å². The predicted molar refractivity (Wildman–Crippen MR) is 99.0 cm³/mol. The van der Waals surface area contributed by atoms with Crippen molar-refractivity contribution in [3.8, 4) is 11.5 Å². The van der Waals surface area contributed by atoms with Gasteiger partial charge in [0.15, 0.2) is 11.5 Å². The molecule has 0 unspecified atom stereocenters. The number of hydrogen-bond donors (Lipinski definition) is 1. The van der Waals surface area contributed by atoms with Gasteiger partial charge in [-0.1, -0.05) is 6.07 Å². The third-order valence-electron chi connectivity index (χ3n) is 4.41. The van der Waals surface area contributed by atoms with E-state index in [1.807, 2.05) is 29.8 Å². The van der Waals surface area contributed by atoms with Crippen LogP contribution < -0.4 is 14.8 Å². The molecule has 0 saturated carbocycles. The first-order valence-electron chi connectivity index (χ1n) is 8.56. The molecule has 0 atom stereocenters. The van der Waals surface area contributed by atoms with E-state index in [9.17, 15) is 9.18 Å². The second-order valence-corrected chi connectivity index (χ2v) is 6.21. The number of imidazole rings is 1. The highest BCUT2D eigenvalue weighted by molar-refractivity contribution is 5.91. The van der Waals surface area contributed by atoms with Crippen molar-refractivity contribution in [2.75, 3.05) is 13.3 Å². The SMILES string of the molecule is Cn1c(CCNC(=O)C=Cc2ccc3c(c2)OCO3)nc2ccc(F)cc21. The van der Waals surface area contributed by atoms with Crippen LogP contribution in [0, 0.1) is 5.82 Å². The van der Waals surface area contributed by atoms with Crippen molar-refractivity contribution in [3.63, 3.8) is 0 Å². The molecule has 0 radical (unpaired) electrons. The molecule has 0 aliphatic carbocycles. The van der Waals surface area contributed by atoms with Crippen LogP contribution in [0.25, 0.3) is 17.1 Å². The number of carbonyl (C=O) groups is 1. The van der Waals surface area contributed by atoms with E-state index >= 15 is 0 Å². The lowest BCUT2D eigenvalue weighted by molar-refractivity contribution is -0.116. The fourth-order valence-corrected chi connectivity index (χ4v) is 2.98. The third kappa shape index (κ3) is 3.62. The van der Waals surface area contributed by atoms with Gasteiger partial charge in [-0.05, 0) is 42.0 Å². The zero-order valence-corrected chi connectivity index (χ0v) is 14.7. The Balaban J connectivity index is 1.34. The van der Waals surface area contributed by atoms with Gasteiger partial charge in [0, 0.05) is 26.1 Å². The third-order valence-corrected chi connectivity index (χ3v) is 4.41. The number of benzene rings is 2. The van der Waals surface area contributed by atoms with Crippen molar-refractivity contribution in [1.29, 1.82) is 0 Å². The van der Waals surface area contributed by atoms with E-state index in [4.69, 9.17) is 9.47 Å². The highest BCUT2D eigenvalue weighted by atomic mass is 19.1. The average Bonchev–Trinajstić information content (AvgIpc) is 3.25. The quantitative estimate of drug-likeness (QED) is 0.705. The van der Waals surface area contributed by atoms with Crippen LogP contribution in [0.4, 0.5) is 4.39 Å². The number of ether oxygens (including phenoxy) is 2. The fraction of sp³-hybridized carbons (Fsp3) is 0.200. The van der Waals surface area contributed by atoms with Crippen LogP contribution in [0.2, 0.25) is 0 Å². The summed E-state index contributed by atoms with van der Waals surface area (Å²) < 4.78 is 25.8. The molecule has 0 bridgehead atoms. The topological polar surface area (TPSA) is 65.4 Å². The zero-order valence-electron chi connectivity index (χ0n) is 14.7. The smallest absolute Gasteiger partial charge is 0.244 e. The lowest BCUT2D eigenvalue weighted by Crippen LogP contribution is -2.24. The van der Waals surface area contributed by atoms with Crippen molar-refractivity contribution in [3.05, 3.63) is 59.7 Å². The van der Waals surface area contributed by atoms with E-state index in [1.54, 1.807) is 12.1 Å². The van der Waals surface area contributed by atoms with E-state index in [0.717, 1.165) is 22.4 Å². The first-order valence-corrected chi connectivity index (χ1v) is 8.56. The zero-order chi connectivity index (χ0) is 18.8. The largest absolute Gasteiger partial charge is 0.454 e. The van der Waals surface area contributed by atoms with E-state index in [-0.39, 0.29) is 18.5 Å². The van der Waals surface area contributed by atoms with Crippen molar-refractivity contribution < 1.29 is 18.7 Å². The van der Waals surface area contributed by atoms with Crippen molar-refractivity contribution >= 4 is 23.0 Å². The summed E-state index contributed by atoms with van der Waals surface area (Å²) in [6, 6.07) is 10.00. The van der Waals surface area contributed by atoms with Gasteiger partial charge in [-0.15, -0.1) is 0 Å². The van der Waals surface area contributed by atoms with Crippen LogP contribution in [0.15, 0.2) is 42.5 Å². The lowest BCUT2D eigenvalue weighted by Gasteiger charge is -2.03. The predicted octanol–water partition coefficient (Wildman–Crippen LogP) is 2.81. The molecule has 138 valence electrons. The average molecular weight is 367 g/mol. The fourth-order valence-electron chi connectivity index (χ4n) is 2.98. The molecule has 1 N–H and O–H groups in total. The summed E-state index contributed by atoms with van der Waals surface area (Å²) >= 11 is 0. The Morgan fingerprint density at radius 3 is 3.00 bits per heavy atom. The molecule has 1 amide bonds. The molecule has 1 aliphatic heterocycles. The molecule has 3 aromatic rings. The van der Waals surface area contributed by atoms with Crippen molar-refractivity contribution in [2.45, 2.75) is 6.42 Å². The Hall–Kier alpha value is -3.35. The monoisotopic (exact) mass is 367 g/mol. The van der Waals surface area contributed by atoms with Crippen molar-refractivity contribution in [1.82, 2.24) is 14.9 Å². The second-order valence-electron chi connectivity index (χ2n) is 6.21. The number of halogens is 1. The van der Waals surface area contributed by atoms with Gasteiger partial charge in [0.2, 0.25) is 12.7 Å². The van der Waals surface area contributed by atoms with Gasteiger partial charge in [-0.2, -0.15) is 0 Å². The number of hydrogen-bond acceptors (Lipinski definition) is 4. The van der Waals surface area contributed by atoms with Crippen LogP contribution in [0.3, 0.4) is 0 Å². The van der Waals surface area contributed by atoms with Gasteiger partial charge in [0.05, 0.1) is 11.0 Å². The number of amides is 1. The van der Waals surface area contributed by atoms with Gasteiger partial charge in [-0.25, -0.2) is 9.37 Å². The highest BCUT2D eigenvalue weighted by Gasteiger charge is 2.12. The summed E-state index contributed by atoms with van der Waals surface area (Å²) in [6.07, 6.45) is 3.74. The Kier molecular flexibility index (Phi) is 4.50. The minimum absolute atomic E-state index is 0.197. The van der Waals surface area contributed by atoms with Crippen LogP contribution in [0.5, 0.6) is 11.5 Å². The molecule has 0 saturated heterocycles. The summed E-state index contributed by atoms with van der Waals surface area (Å²) in [5.74, 6) is 1.68. The Morgan fingerprint density at radius 1 is 1.26 bits per heavy atom. The summed E-state index contributed by atoms with van der Waals surface area (Å²) in [7, 11) is 1.84. The molecule has 27 heavy (non-hydrogen) atoms. The number of carbonyl (C=O) groups excluding carboxylic acids is 1. The standard InChI is InChI=1S/C20H18FN3O3/c1-24-16-11-14(21)4-5-15(16)23-19(24)8-9-22-20(25)7-3-13-2-6-17-18(10-13)27-12-26-17/h2-7,10-11H,8-9,12H2,1H3,(H,22,25). The minimum atomic E-state index is -0.293. The normalized spacial score (nSPS) is 12.8. The number of aryl methyl sites for hydroxylation is 1. The van der Waals surface area contributed by atoms with Gasteiger partial charge in [0.1, 0.15) is 11.6 Å². The molecule has 1 aliphatic rings. The van der Waals surface area contributed by atoms with Crippen molar-refractivity contribution in [2.24, 2.45) is 7.05 Å². The van der Waals surface area contributed by atoms with E-state index in [0.29, 0.717) is 24.5 Å². The lowest BCUT2D eigenvalue weighted by atomic mass is 10.2. The number of rotatable bonds is 5. The maximum Gasteiger partial charge on any atom is 0.244 e. The summed E-state index contributed by atoms with van der Waals surface area (Å²) in [5, 5.41) is 2.83. The van der Waals surface area contributed by atoms with Crippen LogP contribution in [-0.4, -0.2) is 28.8 Å². The molecule has 6 nitrogen and oxygen atoms in total. The number of nitrogens with zero attached hydrogens (tertiary/aromatic N) is 2. The highest BCUT2D eigenvalue weighted by Crippen LogP contribution is 2.32. The van der Waals surface area contributed by atoms with Crippen LogP contribution in [0.1, 0.15) is 11.4 Å². The minimum Gasteiger partial charge on any atom is -0.454 e. The molecular weight excluding hydrogens is 349 g/mol. The number of fused-ring (bicyclic) bond motifs is 2. The molecule has 1 aromatic heterocycles. The van der Waals surface area contributed by atoms with Gasteiger partial charge in [-0.3, -0.25) is 4.79 Å². The van der Waals surface area contributed by atoms with E-state index < -0.39 is 0 Å². The van der Waals surface area contributed by atoms with Gasteiger partial charge in [0.25, 0.3) is 0 Å². The summed E-state index contributed by atoms with van der Waals surface area (Å²) in [4.78, 5) is 16.5. The number of aromatic nitrogens is 2. The molecular formula is C20H18FN3O3. The first kappa shape index (κ1) is 17.1. The Morgan fingerprint density at radius 2 is 2.11 bits per heavy atom. The Labute approximate surface area is 155 Å². The maximum absolute atomic E-state index is 13.4. The molecule has 0 fully saturated rings. The van der Waals surface area contributed by atoms with Crippen LogP contribution in [-0.2, 0) is 18.3 Å². The molecule has 2 aromatic carbocycles. The van der Waals surface area contributed by atoms with E-state index in [2.05, 4.69) is 10.3 Å². The molecule has 4 rings (SSSR count). The van der Waals surface area contributed by atoms with E-state index in [1.165, 1.54) is 18.2 Å². The Bertz CT molecular complexity index is 1040. The van der Waals surface area contributed by atoms with Gasteiger partial charge < -0.3 is 19.4 Å². The summed E-state index contributed by atoms with van der Waals surface area (Å²) in [5.41, 5.74) is 2.33. The summed E-state index contributed by atoms with van der Waals surface area (Å²) in [6.45, 7) is 0.655. The molecule has 2 heterocycles.